The van der Waals surface area contributed by atoms with E-state index in [1.165, 1.54) is 4.90 Å². The van der Waals surface area contributed by atoms with Crippen molar-refractivity contribution in [1.82, 2.24) is 0 Å². The number of anilines is 1. The Labute approximate surface area is 113 Å². The molecule has 0 spiro atoms. The van der Waals surface area contributed by atoms with Crippen LogP contribution < -0.4 is 10.6 Å². The van der Waals surface area contributed by atoms with Crippen LogP contribution in [0.2, 0.25) is 0 Å². The molecule has 18 heavy (non-hydrogen) atoms. The third-order valence-corrected chi connectivity index (χ3v) is 4.33. The molecule has 0 aromatic heterocycles. The first kappa shape index (κ1) is 13.4. The summed E-state index contributed by atoms with van der Waals surface area (Å²) in [6.07, 6.45) is 1.47. The van der Waals surface area contributed by atoms with E-state index in [-0.39, 0.29) is 5.91 Å². The van der Waals surface area contributed by atoms with Crippen molar-refractivity contribution in [3.05, 3.63) is 24.3 Å². The minimum absolute atomic E-state index is 0.225. The number of nitrogens with two attached hydrogens (primary N) is 1. The molecule has 2 rings (SSSR count). The van der Waals surface area contributed by atoms with Gasteiger partial charge in [-0.15, -0.1) is 11.8 Å². The van der Waals surface area contributed by atoms with Crippen molar-refractivity contribution in [3.8, 4) is 0 Å². The molecule has 0 saturated heterocycles. The van der Waals surface area contributed by atoms with Crippen molar-refractivity contribution in [2.75, 3.05) is 23.7 Å². The van der Waals surface area contributed by atoms with Gasteiger partial charge in [0.15, 0.2) is 0 Å². The number of hydrogen-bond acceptors (Lipinski definition) is 3. The Morgan fingerprint density at radius 3 is 3.06 bits per heavy atom. The third kappa shape index (κ3) is 3.06. The normalized spacial score (nSPS) is 16.2. The zero-order valence-corrected chi connectivity index (χ0v) is 11.6. The van der Waals surface area contributed by atoms with E-state index in [2.05, 4.69) is 13.0 Å². The SMILES string of the molecule is CC(CN)CCC(=O)N1CCSc2ccccc21. The molecule has 1 heterocycles. The van der Waals surface area contributed by atoms with E-state index < -0.39 is 0 Å². The lowest BCUT2D eigenvalue weighted by molar-refractivity contribution is -0.118. The summed E-state index contributed by atoms with van der Waals surface area (Å²) in [5.41, 5.74) is 6.65. The number of benzene rings is 1. The maximum atomic E-state index is 12.3. The van der Waals surface area contributed by atoms with Gasteiger partial charge in [-0.25, -0.2) is 0 Å². The van der Waals surface area contributed by atoms with Gasteiger partial charge in [-0.05, 0) is 31.0 Å². The van der Waals surface area contributed by atoms with E-state index in [9.17, 15) is 4.79 Å². The second kappa shape index (κ2) is 6.25. The first-order valence-corrected chi connectivity index (χ1v) is 7.43. The summed E-state index contributed by atoms with van der Waals surface area (Å²) < 4.78 is 0. The Kier molecular flexibility index (Phi) is 4.66. The molecule has 1 aliphatic rings. The van der Waals surface area contributed by atoms with E-state index in [1.807, 2.05) is 34.9 Å². The molecule has 0 fully saturated rings. The number of nitrogens with zero attached hydrogens (tertiary/aromatic N) is 1. The Bertz CT molecular complexity index is 422. The molecule has 1 atom stereocenters. The molecular formula is C14H20N2OS. The monoisotopic (exact) mass is 264 g/mol. The van der Waals surface area contributed by atoms with Crippen molar-refractivity contribution in [2.45, 2.75) is 24.7 Å². The number of hydrogen-bond donors (Lipinski definition) is 1. The van der Waals surface area contributed by atoms with Crippen LogP contribution in [0.1, 0.15) is 19.8 Å². The van der Waals surface area contributed by atoms with Crippen molar-refractivity contribution in [2.24, 2.45) is 11.7 Å². The molecule has 98 valence electrons. The summed E-state index contributed by atoms with van der Waals surface area (Å²) in [5.74, 6) is 1.63. The van der Waals surface area contributed by atoms with Crippen LogP contribution in [0.4, 0.5) is 5.69 Å². The second-order valence-corrected chi connectivity index (χ2v) is 5.88. The predicted octanol–water partition coefficient (Wildman–Crippen LogP) is 2.50. The van der Waals surface area contributed by atoms with Crippen LogP contribution in [0, 0.1) is 5.92 Å². The summed E-state index contributed by atoms with van der Waals surface area (Å²) in [6, 6.07) is 8.14. The number of carbonyl (C=O) groups excluding carboxylic acids is 1. The molecule has 0 saturated carbocycles. The van der Waals surface area contributed by atoms with Crippen molar-refractivity contribution < 1.29 is 4.79 Å². The molecule has 4 heteroatoms. The molecular weight excluding hydrogens is 244 g/mol. The van der Waals surface area contributed by atoms with Crippen LogP contribution in [-0.4, -0.2) is 24.7 Å². The van der Waals surface area contributed by atoms with Crippen LogP contribution in [0.3, 0.4) is 0 Å². The van der Waals surface area contributed by atoms with Gasteiger partial charge in [0.25, 0.3) is 0 Å². The first-order chi connectivity index (χ1) is 8.72. The summed E-state index contributed by atoms with van der Waals surface area (Å²) >= 11 is 1.82. The van der Waals surface area contributed by atoms with Crippen LogP contribution >= 0.6 is 11.8 Å². The molecule has 1 aliphatic heterocycles. The van der Waals surface area contributed by atoms with Gasteiger partial charge < -0.3 is 10.6 Å². The molecule has 2 N–H and O–H groups in total. The Morgan fingerprint density at radius 2 is 2.28 bits per heavy atom. The summed E-state index contributed by atoms with van der Waals surface area (Å²) in [5, 5.41) is 0. The third-order valence-electron chi connectivity index (χ3n) is 3.28. The van der Waals surface area contributed by atoms with Gasteiger partial charge in [-0.1, -0.05) is 19.1 Å². The fourth-order valence-electron chi connectivity index (χ4n) is 2.05. The van der Waals surface area contributed by atoms with Crippen molar-refractivity contribution in [1.29, 1.82) is 0 Å². The molecule has 0 aliphatic carbocycles. The summed E-state index contributed by atoms with van der Waals surface area (Å²) in [4.78, 5) is 15.4. The zero-order chi connectivity index (χ0) is 13.0. The quantitative estimate of drug-likeness (QED) is 0.909. The topological polar surface area (TPSA) is 46.3 Å². The van der Waals surface area contributed by atoms with Gasteiger partial charge in [0.05, 0.1) is 5.69 Å². The van der Waals surface area contributed by atoms with Crippen LogP contribution in [0.5, 0.6) is 0 Å². The van der Waals surface area contributed by atoms with Crippen molar-refractivity contribution in [3.63, 3.8) is 0 Å². The second-order valence-electron chi connectivity index (χ2n) is 4.74. The fraction of sp³-hybridized carbons (Fsp3) is 0.500. The fourth-order valence-corrected chi connectivity index (χ4v) is 3.05. The lowest BCUT2D eigenvalue weighted by Crippen LogP contribution is -2.35. The standard InChI is InChI=1S/C14H20N2OS/c1-11(10-15)6-7-14(17)16-8-9-18-13-5-3-2-4-12(13)16/h2-5,11H,6-10,15H2,1H3. The predicted molar refractivity (Wildman–Crippen MR) is 77.0 cm³/mol. The van der Waals surface area contributed by atoms with Crippen LogP contribution in [-0.2, 0) is 4.79 Å². The summed E-state index contributed by atoms with van der Waals surface area (Å²) in [6.45, 7) is 3.56. The van der Waals surface area contributed by atoms with E-state index in [1.54, 1.807) is 0 Å². The number of para-hydroxylation sites is 1. The largest absolute Gasteiger partial charge is 0.330 e. The van der Waals surface area contributed by atoms with E-state index in [0.29, 0.717) is 18.9 Å². The Morgan fingerprint density at radius 1 is 1.50 bits per heavy atom. The maximum Gasteiger partial charge on any atom is 0.227 e. The minimum Gasteiger partial charge on any atom is -0.330 e. The number of rotatable bonds is 4. The Hall–Kier alpha value is -1.00. The van der Waals surface area contributed by atoms with E-state index in [0.717, 1.165) is 24.4 Å². The molecule has 0 radical (unpaired) electrons. The highest BCUT2D eigenvalue weighted by atomic mass is 32.2. The number of carbonyl (C=O) groups is 1. The number of fused-ring (bicyclic) bond motifs is 1. The Balaban J connectivity index is 2.04. The molecule has 3 nitrogen and oxygen atoms in total. The molecule has 1 aromatic rings. The van der Waals surface area contributed by atoms with Crippen LogP contribution in [0.25, 0.3) is 0 Å². The van der Waals surface area contributed by atoms with E-state index >= 15 is 0 Å². The number of thioether (sulfide) groups is 1. The minimum atomic E-state index is 0.225. The first-order valence-electron chi connectivity index (χ1n) is 6.44. The van der Waals surface area contributed by atoms with Crippen LogP contribution in [0.15, 0.2) is 29.2 Å². The molecule has 0 bridgehead atoms. The van der Waals surface area contributed by atoms with Gasteiger partial charge in [0.1, 0.15) is 0 Å². The zero-order valence-electron chi connectivity index (χ0n) is 10.8. The van der Waals surface area contributed by atoms with Gasteiger partial charge >= 0.3 is 0 Å². The average molecular weight is 264 g/mol. The van der Waals surface area contributed by atoms with Gasteiger partial charge in [-0.3, -0.25) is 4.79 Å². The smallest absolute Gasteiger partial charge is 0.227 e. The highest BCUT2D eigenvalue weighted by Crippen LogP contribution is 2.34. The highest BCUT2D eigenvalue weighted by molar-refractivity contribution is 7.99. The van der Waals surface area contributed by atoms with Gasteiger partial charge in [-0.2, -0.15) is 0 Å². The van der Waals surface area contributed by atoms with Gasteiger partial charge in [0.2, 0.25) is 5.91 Å². The maximum absolute atomic E-state index is 12.3. The summed E-state index contributed by atoms with van der Waals surface area (Å²) in [7, 11) is 0. The molecule has 1 unspecified atom stereocenters. The number of amides is 1. The highest BCUT2D eigenvalue weighted by Gasteiger charge is 2.22. The molecule has 1 aromatic carbocycles. The van der Waals surface area contributed by atoms with E-state index in [4.69, 9.17) is 5.73 Å². The lowest BCUT2D eigenvalue weighted by atomic mass is 10.1. The average Bonchev–Trinajstić information content (AvgIpc) is 2.43. The van der Waals surface area contributed by atoms with Crippen molar-refractivity contribution >= 4 is 23.4 Å². The molecule has 1 amide bonds. The lowest BCUT2D eigenvalue weighted by Gasteiger charge is -2.29. The van der Waals surface area contributed by atoms with Gasteiger partial charge in [0, 0.05) is 23.6 Å².